The molecule has 0 aliphatic carbocycles. The molecule has 1 amide bonds. The third kappa shape index (κ3) is 5.41. The zero-order chi connectivity index (χ0) is 21.0. The first-order valence-electron chi connectivity index (χ1n) is 9.27. The molecule has 2 aromatic carbocycles. The van der Waals surface area contributed by atoms with Crippen molar-refractivity contribution in [1.82, 2.24) is 10.6 Å². The average molecular weight is 408 g/mol. The highest BCUT2D eigenvalue weighted by atomic mass is 19.4. The molecule has 1 saturated heterocycles. The molecular formula is C21H23F3N2O3. The molecule has 156 valence electrons. The van der Waals surface area contributed by atoms with Gasteiger partial charge in [0.05, 0.1) is 19.1 Å². The van der Waals surface area contributed by atoms with Crippen LogP contribution in [0.2, 0.25) is 0 Å². The lowest BCUT2D eigenvalue weighted by molar-refractivity contribution is -0.274. The Morgan fingerprint density at radius 2 is 1.86 bits per heavy atom. The molecule has 3 atom stereocenters. The van der Waals surface area contributed by atoms with Gasteiger partial charge in [0.2, 0.25) is 5.91 Å². The number of carbonyl (C=O) groups excluding carboxylic acids is 1. The number of ether oxygens (including phenoxy) is 2. The normalized spacial score (nSPS) is 20.2. The van der Waals surface area contributed by atoms with Gasteiger partial charge in [-0.25, -0.2) is 0 Å². The van der Waals surface area contributed by atoms with E-state index < -0.39 is 6.36 Å². The monoisotopic (exact) mass is 408 g/mol. The first kappa shape index (κ1) is 21.0. The molecule has 29 heavy (non-hydrogen) atoms. The lowest BCUT2D eigenvalue weighted by Crippen LogP contribution is -2.36. The van der Waals surface area contributed by atoms with Gasteiger partial charge in [-0.2, -0.15) is 0 Å². The van der Waals surface area contributed by atoms with E-state index in [4.69, 9.17) is 4.74 Å². The first-order chi connectivity index (χ1) is 13.8. The van der Waals surface area contributed by atoms with Crippen molar-refractivity contribution in [2.75, 3.05) is 20.2 Å². The summed E-state index contributed by atoms with van der Waals surface area (Å²) in [4.78, 5) is 12.9. The van der Waals surface area contributed by atoms with Crippen LogP contribution in [0.15, 0.2) is 48.5 Å². The number of benzene rings is 2. The first-order valence-corrected chi connectivity index (χ1v) is 9.27. The van der Waals surface area contributed by atoms with Crippen LogP contribution in [0.5, 0.6) is 11.5 Å². The second kappa shape index (κ2) is 8.73. The second-order valence-electron chi connectivity index (χ2n) is 6.99. The number of carbonyl (C=O) groups is 1. The molecule has 0 aromatic heterocycles. The maximum Gasteiger partial charge on any atom is 0.573 e. The number of nitrogens with one attached hydrogen (secondary N) is 2. The third-order valence-electron chi connectivity index (χ3n) is 5.05. The minimum Gasteiger partial charge on any atom is -0.497 e. The summed E-state index contributed by atoms with van der Waals surface area (Å²) in [5.41, 5.74) is 1.72. The van der Waals surface area contributed by atoms with E-state index in [0.29, 0.717) is 18.8 Å². The Morgan fingerprint density at radius 1 is 1.14 bits per heavy atom. The molecule has 1 fully saturated rings. The van der Waals surface area contributed by atoms with E-state index in [2.05, 4.69) is 15.4 Å². The quantitative estimate of drug-likeness (QED) is 0.764. The molecule has 8 heteroatoms. The SMILES string of the molecule is COc1cccc([C@H](C)NC(=O)[C@@H]2CNC[C@H]2c2ccc(OC(F)(F)F)cc2)c1. The zero-order valence-corrected chi connectivity index (χ0v) is 16.1. The molecule has 0 radical (unpaired) electrons. The number of halogens is 3. The van der Waals surface area contributed by atoms with Crippen LogP contribution in [0.1, 0.15) is 30.0 Å². The predicted octanol–water partition coefficient (Wildman–Crippen LogP) is 3.77. The summed E-state index contributed by atoms with van der Waals surface area (Å²) in [5.74, 6) is -0.124. The van der Waals surface area contributed by atoms with Crippen LogP contribution in [0.3, 0.4) is 0 Å². The fraction of sp³-hybridized carbons (Fsp3) is 0.381. The Morgan fingerprint density at radius 3 is 2.52 bits per heavy atom. The van der Waals surface area contributed by atoms with Crippen LogP contribution >= 0.6 is 0 Å². The van der Waals surface area contributed by atoms with E-state index in [1.807, 2.05) is 31.2 Å². The van der Waals surface area contributed by atoms with Crippen molar-refractivity contribution in [1.29, 1.82) is 0 Å². The van der Waals surface area contributed by atoms with Crippen molar-refractivity contribution in [2.24, 2.45) is 5.92 Å². The van der Waals surface area contributed by atoms with Crippen molar-refractivity contribution in [3.05, 3.63) is 59.7 Å². The predicted molar refractivity (Wildman–Crippen MR) is 102 cm³/mol. The van der Waals surface area contributed by atoms with E-state index in [1.54, 1.807) is 19.2 Å². The van der Waals surface area contributed by atoms with Crippen LogP contribution in [-0.4, -0.2) is 32.5 Å². The van der Waals surface area contributed by atoms with Crippen LogP contribution in [-0.2, 0) is 4.79 Å². The molecule has 0 spiro atoms. The highest BCUT2D eigenvalue weighted by Crippen LogP contribution is 2.31. The minimum atomic E-state index is -4.73. The molecule has 0 unspecified atom stereocenters. The molecular weight excluding hydrogens is 385 g/mol. The summed E-state index contributed by atoms with van der Waals surface area (Å²) < 4.78 is 46.1. The van der Waals surface area contributed by atoms with Crippen molar-refractivity contribution in [2.45, 2.75) is 25.2 Å². The maximum atomic E-state index is 12.9. The van der Waals surface area contributed by atoms with Crippen molar-refractivity contribution < 1.29 is 27.4 Å². The van der Waals surface area contributed by atoms with Crippen LogP contribution in [0, 0.1) is 5.92 Å². The van der Waals surface area contributed by atoms with E-state index in [-0.39, 0.29) is 29.5 Å². The van der Waals surface area contributed by atoms with Gasteiger partial charge in [0.25, 0.3) is 0 Å². The van der Waals surface area contributed by atoms with E-state index in [1.165, 1.54) is 12.1 Å². The molecule has 0 bridgehead atoms. The van der Waals surface area contributed by atoms with Gasteiger partial charge in [-0.1, -0.05) is 24.3 Å². The summed E-state index contributed by atoms with van der Waals surface area (Å²) in [7, 11) is 1.59. The topological polar surface area (TPSA) is 59.6 Å². The fourth-order valence-electron chi connectivity index (χ4n) is 3.54. The largest absolute Gasteiger partial charge is 0.573 e. The number of amides is 1. The minimum absolute atomic E-state index is 0.106. The second-order valence-corrected chi connectivity index (χ2v) is 6.99. The van der Waals surface area contributed by atoms with Gasteiger partial charge >= 0.3 is 6.36 Å². The van der Waals surface area contributed by atoms with Gasteiger partial charge in [0.1, 0.15) is 11.5 Å². The smallest absolute Gasteiger partial charge is 0.497 e. The molecule has 1 aliphatic rings. The Kier molecular flexibility index (Phi) is 6.32. The summed E-state index contributed by atoms with van der Waals surface area (Å²) in [5, 5.41) is 6.22. The van der Waals surface area contributed by atoms with Crippen molar-refractivity contribution >= 4 is 5.91 Å². The summed E-state index contributed by atoms with van der Waals surface area (Å²) >= 11 is 0. The number of hydrogen-bond acceptors (Lipinski definition) is 4. The van der Waals surface area contributed by atoms with E-state index in [0.717, 1.165) is 11.1 Å². The van der Waals surface area contributed by atoms with Crippen LogP contribution in [0.25, 0.3) is 0 Å². The van der Waals surface area contributed by atoms with Gasteiger partial charge < -0.3 is 20.1 Å². The summed E-state index contributed by atoms with van der Waals surface area (Å²) in [6, 6.07) is 13.0. The molecule has 1 aliphatic heterocycles. The maximum absolute atomic E-state index is 12.9. The fourth-order valence-corrected chi connectivity index (χ4v) is 3.54. The Bertz CT molecular complexity index is 840. The van der Waals surface area contributed by atoms with Gasteiger partial charge in [0, 0.05) is 19.0 Å². The van der Waals surface area contributed by atoms with E-state index in [9.17, 15) is 18.0 Å². The molecule has 1 heterocycles. The van der Waals surface area contributed by atoms with Gasteiger partial charge in [-0.05, 0) is 42.3 Å². The number of hydrogen-bond donors (Lipinski definition) is 2. The zero-order valence-electron chi connectivity index (χ0n) is 16.1. The summed E-state index contributed by atoms with van der Waals surface area (Å²) in [6.07, 6.45) is -4.73. The van der Waals surface area contributed by atoms with Crippen LogP contribution in [0.4, 0.5) is 13.2 Å². The number of alkyl halides is 3. The Balaban J connectivity index is 1.67. The lowest BCUT2D eigenvalue weighted by atomic mass is 9.88. The lowest BCUT2D eigenvalue weighted by Gasteiger charge is -2.22. The average Bonchev–Trinajstić information content (AvgIpc) is 3.17. The summed E-state index contributed by atoms with van der Waals surface area (Å²) in [6.45, 7) is 2.97. The molecule has 0 saturated carbocycles. The highest BCUT2D eigenvalue weighted by Gasteiger charge is 2.35. The highest BCUT2D eigenvalue weighted by molar-refractivity contribution is 5.81. The van der Waals surface area contributed by atoms with Gasteiger partial charge in [0.15, 0.2) is 0 Å². The third-order valence-corrected chi connectivity index (χ3v) is 5.05. The van der Waals surface area contributed by atoms with Crippen molar-refractivity contribution in [3.8, 4) is 11.5 Å². The number of rotatable bonds is 6. The standard InChI is InChI=1S/C21H23F3N2O3/c1-13(15-4-3-5-17(10-15)28-2)26-20(27)19-12-25-11-18(19)14-6-8-16(9-7-14)29-21(22,23)24/h3-10,13,18-19,25H,11-12H2,1-2H3,(H,26,27)/t13-,18-,19+/m0/s1. The number of methoxy groups -OCH3 is 1. The van der Waals surface area contributed by atoms with Gasteiger partial charge in [-0.15, -0.1) is 13.2 Å². The molecule has 3 rings (SSSR count). The Labute approximate surface area is 167 Å². The van der Waals surface area contributed by atoms with Crippen molar-refractivity contribution in [3.63, 3.8) is 0 Å². The Hall–Kier alpha value is -2.74. The van der Waals surface area contributed by atoms with E-state index >= 15 is 0 Å². The molecule has 5 nitrogen and oxygen atoms in total. The van der Waals surface area contributed by atoms with Gasteiger partial charge in [-0.3, -0.25) is 4.79 Å². The van der Waals surface area contributed by atoms with Crippen LogP contribution < -0.4 is 20.1 Å². The molecule has 2 N–H and O–H groups in total. The molecule has 2 aromatic rings.